The van der Waals surface area contributed by atoms with Crippen LogP contribution < -0.4 is 31.4 Å². The molecule has 1 aliphatic heterocycles. The number of rotatable bonds is 9. The van der Waals surface area contributed by atoms with E-state index in [0.717, 1.165) is 21.3 Å². The molecule has 0 fully saturated rings. The number of benzene rings is 2. The highest BCUT2D eigenvalue weighted by Crippen LogP contribution is 2.32. The van der Waals surface area contributed by atoms with Crippen molar-refractivity contribution in [3.63, 3.8) is 0 Å². The molecule has 202 valence electrons. The first-order chi connectivity index (χ1) is 18.8. The fraction of sp³-hybridized carbons (Fsp3) is 0.286. The van der Waals surface area contributed by atoms with Crippen LogP contribution in [0.4, 0.5) is 5.69 Å². The number of aromatic nitrogens is 2. The summed E-state index contributed by atoms with van der Waals surface area (Å²) in [6, 6.07) is 12.8. The first-order valence-corrected chi connectivity index (χ1v) is 13.4. The molecule has 0 spiro atoms. The molecule has 11 heteroatoms. The molecule has 2 N–H and O–H groups in total. The lowest BCUT2D eigenvalue weighted by Crippen LogP contribution is -2.41. The highest BCUT2D eigenvalue weighted by Gasteiger charge is 2.18. The zero-order valence-electron chi connectivity index (χ0n) is 21.6. The summed E-state index contributed by atoms with van der Waals surface area (Å²) in [5, 5.41) is 7.42. The maximum Gasteiger partial charge on any atom is 0.332 e. The summed E-state index contributed by atoms with van der Waals surface area (Å²) in [5.41, 5.74) is 2.95. The van der Waals surface area contributed by atoms with E-state index in [-0.39, 0.29) is 44.5 Å². The molecule has 39 heavy (non-hydrogen) atoms. The summed E-state index contributed by atoms with van der Waals surface area (Å²) in [4.78, 5) is 51.6. The minimum absolute atomic E-state index is 0.0572. The van der Waals surface area contributed by atoms with Crippen molar-refractivity contribution in [1.29, 1.82) is 0 Å². The number of carbonyl (C=O) groups is 2. The van der Waals surface area contributed by atoms with Crippen LogP contribution in [0.5, 0.6) is 11.5 Å². The Morgan fingerprint density at radius 1 is 0.974 bits per heavy atom. The van der Waals surface area contributed by atoms with Gasteiger partial charge in [0.25, 0.3) is 5.56 Å². The number of carbonyl (C=O) groups excluding carboxylic acids is 2. The number of nitrogens with one attached hydrogen (secondary N) is 2. The van der Waals surface area contributed by atoms with Crippen LogP contribution in [0, 0.1) is 13.8 Å². The second-order valence-electron chi connectivity index (χ2n) is 9.39. The Hall–Kier alpha value is -4.38. The van der Waals surface area contributed by atoms with Gasteiger partial charge in [-0.15, -0.1) is 11.3 Å². The molecule has 4 aromatic rings. The number of fused-ring (bicyclic) bond motifs is 2. The van der Waals surface area contributed by atoms with Crippen molar-refractivity contribution in [3.05, 3.63) is 85.4 Å². The number of anilines is 1. The number of thiophene rings is 1. The molecule has 0 radical (unpaired) electrons. The van der Waals surface area contributed by atoms with Gasteiger partial charge in [0.15, 0.2) is 11.5 Å². The van der Waals surface area contributed by atoms with Crippen molar-refractivity contribution in [2.75, 3.05) is 12.1 Å². The first-order valence-electron chi connectivity index (χ1n) is 12.5. The second-order valence-corrected chi connectivity index (χ2v) is 10.3. The largest absolute Gasteiger partial charge is 0.454 e. The van der Waals surface area contributed by atoms with Gasteiger partial charge < -0.3 is 20.1 Å². The molecule has 2 aromatic heterocycles. The van der Waals surface area contributed by atoms with Crippen LogP contribution in [0.15, 0.2) is 57.4 Å². The fourth-order valence-corrected chi connectivity index (χ4v) is 5.35. The zero-order chi connectivity index (χ0) is 27.5. The summed E-state index contributed by atoms with van der Waals surface area (Å²) in [7, 11) is 0. The third-order valence-corrected chi connectivity index (χ3v) is 7.40. The molecule has 0 atom stereocenters. The minimum Gasteiger partial charge on any atom is -0.454 e. The van der Waals surface area contributed by atoms with Crippen molar-refractivity contribution >= 4 is 39.1 Å². The van der Waals surface area contributed by atoms with Crippen LogP contribution in [-0.2, 0) is 29.2 Å². The van der Waals surface area contributed by atoms with Gasteiger partial charge >= 0.3 is 5.69 Å². The SMILES string of the molecule is Cc1ccc(NC(=O)Cn2c(=O)n(CCCC(=O)NCc3ccc4c(c3)OCO4)c(=O)c3sccc32)c(C)c1. The summed E-state index contributed by atoms with van der Waals surface area (Å²) in [5.74, 6) is 0.742. The Labute approximate surface area is 227 Å². The minimum atomic E-state index is -0.581. The monoisotopic (exact) mass is 548 g/mol. The molecular formula is C28H28N4O6S. The van der Waals surface area contributed by atoms with Gasteiger partial charge in [0.05, 0.1) is 5.52 Å². The summed E-state index contributed by atoms with van der Waals surface area (Å²) in [6.45, 7) is 4.19. The topological polar surface area (TPSA) is 121 Å². The number of amides is 2. The van der Waals surface area contributed by atoms with E-state index in [0.29, 0.717) is 33.9 Å². The maximum absolute atomic E-state index is 13.3. The van der Waals surface area contributed by atoms with Crippen LogP contribution in [0.3, 0.4) is 0 Å². The molecule has 0 aliphatic carbocycles. The van der Waals surface area contributed by atoms with E-state index in [2.05, 4.69) is 10.6 Å². The average Bonchev–Trinajstić information content (AvgIpc) is 3.59. The van der Waals surface area contributed by atoms with E-state index in [1.165, 1.54) is 15.9 Å². The van der Waals surface area contributed by atoms with E-state index in [1.807, 2.05) is 44.2 Å². The lowest BCUT2D eigenvalue weighted by Gasteiger charge is -2.13. The van der Waals surface area contributed by atoms with Gasteiger partial charge in [0, 0.05) is 25.2 Å². The average molecular weight is 549 g/mol. The lowest BCUT2D eigenvalue weighted by atomic mass is 10.1. The van der Waals surface area contributed by atoms with Gasteiger partial charge in [-0.25, -0.2) is 4.79 Å². The molecule has 0 saturated heterocycles. The number of nitrogens with zero attached hydrogens (tertiary/aromatic N) is 2. The maximum atomic E-state index is 13.3. The molecule has 1 aliphatic rings. The fourth-order valence-electron chi connectivity index (χ4n) is 4.51. The smallest absolute Gasteiger partial charge is 0.332 e. The molecule has 5 rings (SSSR count). The Bertz CT molecular complexity index is 1690. The number of hydrogen-bond acceptors (Lipinski definition) is 7. The molecule has 2 aromatic carbocycles. The van der Waals surface area contributed by atoms with E-state index in [1.54, 1.807) is 17.5 Å². The predicted molar refractivity (Wildman–Crippen MR) is 149 cm³/mol. The molecule has 0 unspecified atom stereocenters. The molecule has 2 amide bonds. The van der Waals surface area contributed by atoms with Crippen LogP contribution in [-0.4, -0.2) is 27.7 Å². The standard InChI is InChI=1S/C28H28N4O6S/c1-17-5-7-20(18(2)12-17)30-25(34)15-32-21-9-11-39-26(21)27(35)31(28(32)36)10-3-4-24(33)29-14-19-6-8-22-23(13-19)38-16-37-22/h5-9,11-13H,3-4,10,14-16H2,1-2H3,(H,29,33)(H,30,34). The van der Waals surface area contributed by atoms with Crippen molar-refractivity contribution < 1.29 is 19.1 Å². The van der Waals surface area contributed by atoms with Crippen molar-refractivity contribution in [3.8, 4) is 11.5 Å². The molecular weight excluding hydrogens is 520 g/mol. The van der Waals surface area contributed by atoms with Crippen LogP contribution >= 0.6 is 11.3 Å². The Kier molecular flexibility index (Phi) is 7.51. The van der Waals surface area contributed by atoms with Crippen molar-refractivity contribution in [2.45, 2.75) is 46.3 Å². The molecule has 10 nitrogen and oxygen atoms in total. The summed E-state index contributed by atoms with van der Waals surface area (Å²) < 4.78 is 13.5. The van der Waals surface area contributed by atoms with Gasteiger partial charge in [0.2, 0.25) is 18.6 Å². The van der Waals surface area contributed by atoms with E-state index in [4.69, 9.17) is 9.47 Å². The molecule has 3 heterocycles. The van der Waals surface area contributed by atoms with Gasteiger partial charge in [0.1, 0.15) is 11.2 Å². The quantitative estimate of drug-likeness (QED) is 0.331. The molecule has 0 saturated carbocycles. The Balaban J connectivity index is 1.24. The summed E-state index contributed by atoms with van der Waals surface area (Å²) in [6.07, 6.45) is 0.417. The van der Waals surface area contributed by atoms with Gasteiger partial charge in [-0.2, -0.15) is 0 Å². The van der Waals surface area contributed by atoms with Crippen molar-refractivity contribution in [1.82, 2.24) is 14.5 Å². The highest BCUT2D eigenvalue weighted by atomic mass is 32.1. The van der Waals surface area contributed by atoms with E-state index < -0.39 is 11.2 Å². The molecule has 0 bridgehead atoms. The number of ether oxygens (including phenoxy) is 2. The zero-order valence-corrected chi connectivity index (χ0v) is 22.4. The number of aryl methyl sites for hydroxylation is 2. The highest BCUT2D eigenvalue weighted by molar-refractivity contribution is 7.17. The first kappa shape index (κ1) is 26.2. The Morgan fingerprint density at radius 3 is 2.62 bits per heavy atom. The van der Waals surface area contributed by atoms with Gasteiger partial charge in [-0.1, -0.05) is 23.8 Å². The Morgan fingerprint density at radius 2 is 1.79 bits per heavy atom. The van der Waals surface area contributed by atoms with Gasteiger partial charge in [-0.05, 0) is 61.0 Å². The van der Waals surface area contributed by atoms with Crippen molar-refractivity contribution in [2.24, 2.45) is 0 Å². The summed E-state index contributed by atoms with van der Waals surface area (Å²) >= 11 is 1.22. The van der Waals surface area contributed by atoms with Crippen LogP contribution in [0.1, 0.15) is 29.5 Å². The predicted octanol–water partition coefficient (Wildman–Crippen LogP) is 3.31. The lowest BCUT2D eigenvalue weighted by molar-refractivity contribution is -0.121. The van der Waals surface area contributed by atoms with E-state index >= 15 is 0 Å². The van der Waals surface area contributed by atoms with Gasteiger partial charge in [-0.3, -0.25) is 23.5 Å². The number of hydrogen-bond donors (Lipinski definition) is 2. The third kappa shape index (κ3) is 5.73. The van der Waals surface area contributed by atoms with Crippen LogP contribution in [0.25, 0.3) is 10.2 Å². The normalized spacial score (nSPS) is 12.1. The van der Waals surface area contributed by atoms with Crippen LogP contribution in [0.2, 0.25) is 0 Å². The van der Waals surface area contributed by atoms with E-state index in [9.17, 15) is 19.2 Å². The third-order valence-electron chi connectivity index (χ3n) is 6.51. The second kappa shape index (κ2) is 11.2.